The van der Waals surface area contributed by atoms with Gasteiger partial charge in [0.2, 0.25) is 0 Å². The molecule has 0 saturated carbocycles. The molecule has 0 fully saturated rings. The van der Waals surface area contributed by atoms with Gasteiger partial charge in [-0.2, -0.15) is 0 Å². The van der Waals surface area contributed by atoms with Crippen molar-refractivity contribution < 1.29 is 4.42 Å². The van der Waals surface area contributed by atoms with Crippen molar-refractivity contribution in [3.63, 3.8) is 0 Å². The average Bonchev–Trinajstić information content (AvgIpc) is 2.86. The van der Waals surface area contributed by atoms with Crippen LogP contribution in [0.1, 0.15) is 43.4 Å². The monoisotopic (exact) mass is 271 g/mol. The Morgan fingerprint density at radius 2 is 2.00 bits per heavy atom. The lowest BCUT2D eigenvalue weighted by Gasteiger charge is -2.25. The van der Waals surface area contributed by atoms with Crippen LogP contribution >= 0.6 is 0 Å². The maximum absolute atomic E-state index is 5.20. The van der Waals surface area contributed by atoms with Gasteiger partial charge in [0.05, 0.1) is 12.5 Å². The zero-order valence-corrected chi connectivity index (χ0v) is 12.9. The van der Waals surface area contributed by atoms with Crippen LogP contribution in [-0.4, -0.2) is 12.1 Å². The topological polar surface area (TPSA) is 25.2 Å². The molecule has 2 aromatic rings. The summed E-state index contributed by atoms with van der Waals surface area (Å²) in [6.45, 7) is 9.74. The molecular formula is C18H25NO. The molecular weight excluding hydrogens is 246 g/mol. The third-order valence-corrected chi connectivity index (χ3v) is 3.45. The first-order valence-corrected chi connectivity index (χ1v) is 7.27. The lowest BCUT2D eigenvalue weighted by Crippen LogP contribution is -2.39. The Morgan fingerprint density at radius 1 is 1.20 bits per heavy atom. The molecule has 2 rings (SSSR count). The van der Waals surface area contributed by atoms with Crippen LogP contribution in [0.3, 0.4) is 0 Å². The van der Waals surface area contributed by atoms with Crippen LogP contribution in [0.2, 0.25) is 0 Å². The van der Waals surface area contributed by atoms with Crippen LogP contribution in [0.5, 0.6) is 0 Å². The predicted molar refractivity (Wildman–Crippen MR) is 84.1 cm³/mol. The zero-order valence-electron chi connectivity index (χ0n) is 12.9. The van der Waals surface area contributed by atoms with Crippen molar-refractivity contribution in [3.05, 3.63) is 59.5 Å². The quantitative estimate of drug-likeness (QED) is 0.877. The summed E-state index contributed by atoms with van der Waals surface area (Å²) in [5, 5.41) is 3.62. The van der Waals surface area contributed by atoms with Crippen molar-refractivity contribution in [3.8, 4) is 0 Å². The molecule has 0 amide bonds. The van der Waals surface area contributed by atoms with Gasteiger partial charge < -0.3 is 9.73 Å². The molecule has 1 aromatic heterocycles. The smallest absolute Gasteiger partial charge is 0.0934 e. The summed E-state index contributed by atoms with van der Waals surface area (Å²) in [7, 11) is 0. The Kier molecular flexibility index (Phi) is 4.66. The van der Waals surface area contributed by atoms with E-state index in [0.717, 1.165) is 13.0 Å². The number of hydrogen-bond donors (Lipinski definition) is 1. The molecule has 0 aliphatic rings. The van der Waals surface area contributed by atoms with E-state index in [0.29, 0.717) is 5.92 Å². The first kappa shape index (κ1) is 14.9. The molecule has 0 aliphatic heterocycles. The van der Waals surface area contributed by atoms with E-state index in [1.165, 1.54) is 16.7 Å². The van der Waals surface area contributed by atoms with Crippen LogP contribution in [0.4, 0.5) is 0 Å². The summed E-state index contributed by atoms with van der Waals surface area (Å²) in [5.74, 6) is 0.465. The second kappa shape index (κ2) is 6.27. The third-order valence-electron chi connectivity index (χ3n) is 3.45. The second-order valence-corrected chi connectivity index (χ2v) is 6.58. The molecule has 20 heavy (non-hydrogen) atoms. The normalized spacial score (nSPS) is 13.4. The van der Waals surface area contributed by atoms with Crippen molar-refractivity contribution in [1.82, 2.24) is 5.32 Å². The number of nitrogens with one attached hydrogen (secondary N) is 1. The Balaban J connectivity index is 2.15. The molecule has 2 nitrogen and oxygen atoms in total. The highest BCUT2D eigenvalue weighted by atomic mass is 16.3. The molecule has 1 N–H and O–H groups in total. The van der Waals surface area contributed by atoms with Gasteiger partial charge in [-0.3, -0.25) is 0 Å². The van der Waals surface area contributed by atoms with E-state index in [1.54, 1.807) is 6.26 Å². The highest BCUT2D eigenvalue weighted by Crippen LogP contribution is 2.22. The van der Waals surface area contributed by atoms with Crippen LogP contribution < -0.4 is 5.32 Å². The van der Waals surface area contributed by atoms with E-state index < -0.39 is 0 Å². The molecule has 0 spiro atoms. The standard InChI is InChI=1S/C18H25NO/c1-14-6-5-7-16(10-14)17(12-19-18(2,3)4)11-15-8-9-20-13-15/h5-10,13,17,19H,11-12H2,1-4H3. The van der Waals surface area contributed by atoms with Gasteiger partial charge >= 0.3 is 0 Å². The van der Waals surface area contributed by atoms with Crippen molar-refractivity contribution in [2.24, 2.45) is 0 Å². The van der Waals surface area contributed by atoms with E-state index in [-0.39, 0.29) is 5.54 Å². The molecule has 1 unspecified atom stereocenters. The lowest BCUT2D eigenvalue weighted by molar-refractivity contribution is 0.404. The van der Waals surface area contributed by atoms with Crippen molar-refractivity contribution in [2.75, 3.05) is 6.54 Å². The molecule has 1 aromatic carbocycles. The summed E-state index contributed by atoms with van der Waals surface area (Å²) in [5.41, 5.74) is 4.10. The Bertz CT molecular complexity index is 523. The van der Waals surface area contributed by atoms with E-state index in [2.05, 4.69) is 63.3 Å². The van der Waals surface area contributed by atoms with E-state index in [1.807, 2.05) is 6.26 Å². The summed E-state index contributed by atoms with van der Waals surface area (Å²) in [4.78, 5) is 0. The van der Waals surface area contributed by atoms with Gasteiger partial charge in [-0.15, -0.1) is 0 Å². The molecule has 0 radical (unpaired) electrons. The number of rotatable bonds is 5. The minimum atomic E-state index is 0.137. The van der Waals surface area contributed by atoms with Gasteiger partial charge in [0, 0.05) is 18.0 Å². The van der Waals surface area contributed by atoms with Crippen LogP contribution in [-0.2, 0) is 6.42 Å². The van der Waals surface area contributed by atoms with E-state index in [9.17, 15) is 0 Å². The molecule has 1 atom stereocenters. The predicted octanol–water partition coefficient (Wildman–Crippen LogP) is 4.30. The first-order valence-electron chi connectivity index (χ1n) is 7.27. The van der Waals surface area contributed by atoms with Gasteiger partial charge in [-0.1, -0.05) is 29.8 Å². The summed E-state index contributed by atoms with van der Waals surface area (Å²) >= 11 is 0. The zero-order chi connectivity index (χ0) is 14.6. The fourth-order valence-corrected chi connectivity index (χ4v) is 2.35. The van der Waals surface area contributed by atoms with Crippen LogP contribution in [0, 0.1) is 6.92 Å². The molecule has 0 saturated heterocycles. The van der Waals surface area contributed by atoms with Crippen LogP contribution in [0.25, 0.3) is 0 Å². The first-order chi connectivity index (χ1) is 9.44. The lowest BCUT2D eigenvalue weighted by atomic mass is 9.91. The number of hydrogen-bond acceptors (Lipinski definition) is 2. The largest absolute Gasteiger partial charge is 0.472 e. The Hall–Kier alpha value is -1.54. The van der Waals surface area contributed by atoms with Gasteiger partial charge in [0.25, 0.3) is 0 Å². The van der Waals surface area contributed by atoms with Crippen LogP contribution in [0.15, 0.2) is 47.3 Å². The average molecular weight is 271 g/mol. The minimum absolute atomic E-state index is 0.137. The molecule has 1 heterocycles. The van der Waals surface area contributed by atoms with Gasteiger partial charge in [-0.25, -0.2) is 0 Å². The SMILES string of the molecule is Cc1cccc(C(CNC(C)(C)C)Cc2ccoc2)c1. The second-order valence-electron chi connectivity index (χ2n) is 6.58. The summed E-state index contributed by atoms with van der Waals surface area (Å²) in [6.07, 6.45) is 4.60. The summed E-state index contributed by atoms with van der Waals surface area (Å²) in [6, 6.07) is 10.9. The minimum Gasteiger partial charge on any atom is -0.472 e. The highest BCUT2D eigenvalue weighted by Gasteiger charge is 2.17. The fourth-order valence-electron chi connectivity index (χ4n) is 2.35. The third kappa shape index (κ3) is 4.53. The molecule has 0 bridgehead atoms. The highest BCUT2D eigenvalue weighted by molar-refractivity contribution is 5.27. The fraction of sp³-hybridized carbons (Fsp3) is 0.444. The Labute approximate surface area is 122 Å². The van der Waals surface area contributed by atoms with E-state index >= 15 is 0 Å². The Morgan fingerprint density at radius 3 is 2.60 bits per heavy atom. The van der Waals surface area contributed by atoms with Crippen molar-refractivity contribution >= 4 is 0 Å². The summed E-state index contributed by atoms with van der Waals surface area (Å²) < 4.78 is 5.20. The number of aryl methyl sites for hydroxylation is 1. The van der Waals surface area contributed by atoms with Gasteiger partial charge in [-0.05, 0) is 51.3 Å². The number of furan rings is 1. The molecule has 2 heteroatoms. The number of benzene rings is 1. The van der Waals surface area contributed by atoms with Crippen molar-refractivity contribution in [2.45, 2.75) is 45.6 Å². The molecule has 108 valence electrons. The van der Waals surface area contributed by atoms with E-state index in [4.69, 9.17) is 4.42 Å². The van der Waals surface area contributed by atoms with Gasteiger partial charge in [0.1, 0.15) is 0 Å². The maximum atomic E-state index is 5.20. The van der Waals surface area contributed by atoms with Gasteiger partial charge in [0.15, 0.2) is 0 Å². The molecule has 0 aliphatic carbocycles. The van der Waals surface area contributed by atoms with Crippen molar-refractivity contribution in [1.29, 1.82) is 0 Å². The maximum Gasteiger partial charge on any atom is 0.0934 e.